The van der Waals surface area contributed by atoms with Gasteiger partial charge in [-0.2, -0.15) is 4.31 Å². The van der Waals surface area contributed by atoms with Gasteiger partial charge in [0.05, 0.1) is 17.7 Å². The zero-order valence-electron chi connectivity index (χ0n) is 27.3. The van der Waals surface area contributed by atoms with Gasteiger partial charge in [0.25, 0.3) is 15.9 Å². The van der Waals surface area contributed by atoms with Gasteiger partial charge >= 0.3 is 6.09 Å². The minimum absolute atomic E-state index is 0. The first-order chi connectivity index (χ1) is 22.0. The standard InChI is InChI=1S/C34H39BrN4O6S.2ClH/c1-23-7-5-6-8-28(23)34(45-33(41)38-19-17-37(18-20-38)26-13-15-36(3)16-14-26)29-22-27(44-4)10-11-30(29)39(32(34)40)46(42,43)31-12-9-25(35)21-24(31)2;;/h5-12,21-22,26H,13-20H2,1-4H3;2*1H. The Bertz CT molecular complexity index is 1780. The van der Waals surface area contributed by atoms with Crippen LogP contribution < -0.4 is 9.04 Å². The number of fused-ring (bicyclic) bond motifs is 1. The molecule has 0 bridgehead atoms. The topological polar surface area (TPSA) is 99.7 Å². The van der Waals surface area contributed by atoms with Crippen molar-refractivity contribution in [2.24, 2.45) is 0 Å². The molecule has 3 aromatic rings. The molecule has 3 aromatic carbocycles. The van der Waals surface area contributed by atoms with Crippen molar-refractivity contribution in [2.45, 2.75) is 43.2 Å². The molecule has 0 radical (unpaired) electrons. The number of carbonyl (C=O) groups excluding carboxylic acids is 2. The predicted octanol–water partition coefficient (Wildman–Crippen LogP) is 5.75. The zero-order valence-corrected chi connectivity index (χ0v) is 31.4. The Balaban J connectivity index is 0.00000260. The molecule has 2 saturated heterocycles. The molecule has 1 atom stereocenters. The van der Waals surface area contributed by atoms with Crippen molar-refractivity contribution in [1.29, 1.82) is 0 Å². The fourth-order valence-electron chi connectivity index (χ4n) is 6.92. The van der Waals surface area contributed by atoms with Crippen molar-refractivity contribution in [3.8, 4) is 5.75 Å². The van der Waals surface area contributed by atoms with Crippen LogP contribution in [0.15, 0.2) is 70.0 Å². The number of aryl methyl sites for hydroxylation is 2. The number of piperazine rings is 1. The summed E-state index contributed by atoms with van der Waals surface area (Å²) in [6.07, 6.45) is 1.51. The molecular weight excluding hydrogens is 743 g/mol. The number of anilines is 1. The number of rotatable bonds is 6. The van der Waals surface area contributed by atoms with Crippen molar-refractivity contribution in [1.82, 2.24) is 14.7 Å². The average Bonchev–Trinajstić information content (AvgIpc) is 3.29. The van der Waals surface area contributed by atoms with Crippen LogP contribution in [0.3, 0.4) is 0 Å². The second-order valence-corrected chi connectivity index (χ2v) is 15.0. The van der Waals surface area contributed by atoms with E-state index < -0.39 is 27.6 Å². The molecule has 3 aliphatic rings. The van der Waals surface area contributed by atoms with Crippen molar-refractivity contribution in [2.75, 3.05) is 57.7 Å². The summed E-state index contributed by atoms with van der Waals surface area (Å²) in [5.41, 5.74) is -0.223. The van der Waals surface area contributed by atoms with Crippen LogP contribution in [-0.2, 0) is 25.2 Å². The number of halogens is 3. The minimum atomic E-state index is -4.44. The average molecular weight is 785 g/mol. The highest BCUT2D eigenvalue weighted by atomic mass is 79.9. The SMILES string of the molecule is COc1ccc2c(c1)C(OC(=O)N1CCN(C3CCN(C)CC3)CC1)(c1ccccc1C)C(=O)N2S(=O)(=O)c1ccc(Br)cc1C.Cl.Cl. The fraction of sp³-hybridized carbons (Fsp3) is 0.412. The molecule has 0 spiro atoms. The number of piperidine rings is 1. The van der Waals surface area contributed by atoms with Crippen molar-refractivity contribution in [3.05, 3.63) is 87.4 Å². The van der Waals surface area contributed by atoms with Gasteiger partial charge in [-0.05, 0) is 94.4 Å². The lowest BCUT2D eigenvalue weighted by Gasteiger charge is -2.42. The molecule has 2 amide bonds. The second-order valence-electron chi connectivity index (χ2n) is 12.3. The predicted molar refractivity (Wildman–Crippen MR) is 193 cm³/mol. The van der Waals surface area contributed by atoms with Crippen molar-refractivity contribution < 1.29 is 27.5 Å². The minimum Gasteiger partial charge on any atom is -0.497 e. The smallest absolute Gasteiger partial charge is 0.411 e. The van der Waals surface area contributed by atoms with Crippen molar-refractivity contribution >= 4 is 68.5 Å². The Morgan fingerprint density at radius 3 is 2.17 bits per heavy atom. The first-order valence-electron chi connectivity index (χ1n) is 15.5. The van der Waals surface area contributed by atoms with Gasteiger partial charge in [-0.1, -0.05) is 40.2 Å². The van der Waals surface area contributed by atoms with Gasteiger partial charge in [-0.25, -0.2) is 13.2 Å². The van der Waals surface area contributed by atoms with E-state index in [-0.39, 0.29) is 41.0 Å². The maximum Gasteiger partial charge on any atom is 0.411 e. The maximum atomic E-state index is 14.9. The summed E-state index contributed by atoms with van der Waals surface area (Å²) in [5.74, 6) is -0.489. The third kappa shape index (κ3) is 6.67. The summed E-state index contributed by atoms with van der Waals surface area (Å²) < 4.78 is 42.2. The molecule has 10 nitrogen and oxygen atoms in total. The Hall–Kier alpha value is -2.87. The molecule has 0 aliphatic carbocycles. The highest BCUT2D eigenvalue weighted by Crippen LogP contribution is 2.51. The molecule has 48 heavy (non-hydrogen) atoms. The normalized spacial score (nSPS) is 20.5. The molecule has 0 saturated carbocycles. The van der Waals surface area contributed by atoms with E-state index in [1.807, 2.05) is 19.1 Å². The van der Waals surface area contributed by atoms with Gasteiger partial charge in [0.15, 0.2) is 0 Å². The fourth-order valence-corrected chi connectivity index (χ4v) is 9.06. The number of sulfonamides is 1. The van der Waals surface area contributed by atoms with Crippen LogP contribution in [0.25, 0.3) is 0 Å². The Morgan fingerprint density at radius 1 is 0.875 bits per heavy atom. The largest absolute Gasteiger partial charge is 0.497 e. The van der Waals surface area contributed by atoms with Crippen LogP contribution in [0.2, 0.25) is 0 Å². The summed E-state index contributed by atoms with van der Waals surface area (Å²) >= 11 is 3.39. The number of likely N-dealkylation sites (tertiary alicyclic amines) is 1. The number of ether oxygens (including phenoxy) is 2. The molecule has 3 aliphatic heterocycles. The molecule has 1 unspecified atom stereocenters. The zero-order chi connectivity index (χ0) is 32.8. The van der Waals surface area contributed by atoms with Crippen molar-refractivity contribution in [3.63, 3.8) is 0 Å². The van der Waals surface area contributed by atoms with E-state index in [9.17, 15) is 18.0 Å². The molecule has 2 fully saturated rings. The monoisotopic (exact) mass is 782 g/mol. The second kappa shape index (κ2) is 14.9. The van der Waals surface area contributed by atoms with Gasteiger partial charge < -0.3 is 19.3 Å². The van der Waals surface area contributed by atoms with E-state index in [0.29, 0.717) is 59.1 Å². The number of amides is 2. The van der Waals surface area contributed by atoms with E-state index >= 15 is 0 Å². The summed E-state index contributed by atoms with van der Waals surface area (Å²) in [6, 6.07) is 17.1. The lowest BCUT2D eigenvalue weighted by Crippen LogP contribution is -2.55. The number of hydrogen-bond donors (Lipinski definition) is 0. The van der Waals surface area contributed by atoms with E-state index in [2.05, 4.69) is 32.8 Å². The summed E-state index contributed by atoms with van der Waals surface area (Å²) in [7, 11) is -0.810. The summed E-state index contributed by atoms with van der Waals surface area (Å²) in [5, 5.41) is 0. The summed E-state index contributed by atoms with van der Waals surface area (Å²) in [4.78, 5) is 35.4. The van der Waals surface area contributed by atoms with E-state index in [1.165, 1.54) is 19.2 Å². The molecule has 6 rings (SSSR count). The Kier molecular flexibility index (Phi) is 11.8. The quantitative estimate of drug-likeness (QED) is 0.312. The van der Waals surface area contributed by atoms with Crippen LogP contribution in [0.1, 0.15) is 35.1 Å². The number of benzene rings is 3. The third-order valence-corrected chi connectivity index (χ3v) is 11.8. The van der Waals surface area contributed by atoms with Crippen LogP contribution in [-0.4, -0.2) is 94.6 Å². The van der Waals surface area contributed by atoms with Gasteiger partial charge in [-0.15, -0.1) is 24.8 Å². The van der Waals surface area contributed by atoms with Crippen LogP contribution >= 0.6 is 40.7 Å². The molecule has 0 aromatic heterocycles. The van der Waals surface area contributed by atoms with Crippen LogP contribution in [0.5, 0.6) is 5.75 Å². The molecule has 3 heterocycles. The first kappa shape index (κ1) is 37.9. The Labute approximate surface area is 303 Å². The lowest BCUT2D eigenvalue weighted by molar-refractivity contribution is -0.132. The van der Waals surface area contributed by atoms with Gasteiger partial charge in [0, 0.05) is 47.8 Å². The molecule has 0 N–H and O–H groups in total. The number of methoxy groups -OCH3 is 1. The van der Waals surface area contributed by atoms with E-state index in [0.717, 1.165) is 30.2 Å². The molecule has 14 heteroatoms. The Morgan fingerprint density at radius 2 is 1.54 bits per heavy atom. The van der Waals surface area contributed by atoms with E-state index in [1.54, 1.807) is 48.2 Å². The molecular formula is C34H41BrCl2N4O6S. The number of hydrogen-bond acceptors (Lipinski definition) is 8. The van der Waals surface area contributed by atoms with Gasteiger partial charge in [0.1, 0.15) is 5.75 Å². The third-order valence-electron chi connectivity index (χ3n) is 9.48. The highest BCUT2D eigenvalue weighted by molar-refractivity contribution is 9.10. The number of nitrogens with zero attached hydrogens (tertiary/aromatic N) is 4. The lowest BCUT2D eigenvalue weighted by atomic mass is 9.84. The summed E-state index contributed by atoms with van der Waals surface area (Å²) in [6.45, 7) is 7.86. The van der Waals surface area contributed by atoms with Crippen LogP contribution in [0.4, 0.5) is 10.5 Å². The highest BCUT2D eigenvalue weighted by Gasteiger charge is 2.60. The van der Waals surface area contributed by atoms with Gasteiger partial charge in [-0.3, -0.25) is 9.69 Å². The number of carbonyl (C=O) groups is 2. The maximum absolute atomic E-state index is 14.9. The first-order valence-corrected chi connectivity index (χ1v) is 17.7. The van der Waals surface area contributed by atoms with E-state index in [4.69, 9.17) is 9.47 Å². The molecule has 260 valence electrons. The van der Waals surface area contributed by atoms with Crippen LogP contribution in [0, 0.1) is 13.8 Å². The van der Waals surface area contributed by atoms with Gasteiger partial charge in [0.2, 0.25) is 5.60 Å².